The fourth-order valence-electron chi connectivity index (χ4n) is 3.35. The Morgan fingerprint density at radius 3 is 1.42 bits per heavy atom. The molecule has 0 radical (unpaired) electrons. The molecule has 9 heteroatoms. The van der Waals surface area contributed by atoms with Crippen molar-refractivity contribution in [2.45, 2.75) is 25.9 Å². The summed E-state index contributed by atoms with van der Waals surface area (Å²) in [6.45, 7) is 3.14. The smallest absolute Gasteiger partial charge is 0.264 e. The van der Waals surface area contributed by atoms with Crippen molar-refractivity contribution in [3.8, 4) is 0 Å². The molecule has 2 amide bonds. The average molecular weight is 479 g/mol. The van der Waals surface area contributed by atoms with E-state index in [2.05, 4.69) is 0 Å². The predicted octanol–water partition coefficient (Wildman–Crippen LogP) is 5.97. The Labute approximate surface area is 193 Å². The Morgan fingerprint density at radius 2 is 1.06 bits per heavy atom. The summed E-state index contributed by atoms with van der Waals surface area (Å²) in [5.74, 6) is -3.44. The van der Waals surface area contributed by atoms with E-state index in [1.807, 2.05) is 0 Å². The molecule has 3 aromatic rings. The summed E-state index contributed by atoms with van der Waals surface area (Å²) in [4.78, 5) is 28.8. The maximum atomic E-state index is 14.1. The van der Waals surface area contributed by atoms with E-state index in [1.54, 1.807) is 13.8 Å². The van der Waals surface area contributed by atoms with Gasteiger partial charge in [-0.15, -0.1) is 11.3 Å². The molecule has 2 atom stereocenters. The van der Waals surface area contributed by atoms with Gasteiger partial charge in [-0.05, 0) is 62.4 Å². The van der Waals surface area contributed by atoms with Gasteiger partial charge in [-0.25, -0.2) is 17.6 Å². The Hall–Kier alpha value is -3.20. The van der Waals surface area contributed by atoms with Gasteiger partial charge in [0.15, 0.2) is 0 Å². The van der Waals surface area contributed by atoms with Crippen LogP contribution in [0.5, 0.6) is 0 Å². The highest BCUT2D eigenvalue weighted by atomic mass is 32.1. The summed E-state index contributed by atoms with van der Waals surface area (Å²) in [7, 11) is 2.92. The second-order valence-electron chi connectivity index (χ2n) is 7.68. The Bertz CT molecular complexity index is 1110. The monoisotopic (exact) mass is 478 g/mol. The predicted molar refractivity (Wildman–Crippen MR) is 118 cm³/mol. The van der Waals surface area contributed by atoms with Crippen molar-refractivity contribution in [2.24, 2.45) is 0 Å². The highest BCUT2D eigenvalue weighted by molar-refractivity contribution is 7.15. The number of carbonyl (C=O) groups is 2. The molecule has 2 unspecified atom stereocenters. The first-order chi connectivity index (χ1) is 15.5. The van der Waals surface area contributed by atoms with Crippen molar-refractivity contribution in [3.05, 3.63) is 92.7 Å². The number of halogens is 4. The number of hydrogen-bond donors (Lipinski definition) is 0. The molecule has 0 aliphatic heterocycles. The minimum atomic E-state index is -0.756. The second kappa shape index (κ2) is 9.74. The van der Waals surface area contributed by atoms with E-state index in [0.29, 0.717) is 0 Å². The molecule has 174 valence electrons. The van der Waals surface area contributed by atoms with Crippen LogP contribution in [0.1, 0.15) is 56.4 Å². The normalized spacial score (nSPS) is 12.8. The lowest BCUT2D eigenvalue weighted by atomic mass is 10.1. The minimum absolute atomic E-state index is 0.0318. The van der Waals surface area contributed by atoms with Gasteiger partial charge in [0.05, 0.1) is 21.8 Å². The molecule has 33 heavy (non-hydrogen) atoms. The van der Waals surface area contributed by atoms with Crippen LogP contribution in [0.2, 0.25) is 0 Å². The Balaban J connectivity index is 1.77. The summed E-state index contributed by atoms with van der Waals surface area (Å²) >= 11 is 0.928. The number of amides is 2. The van der Waals surface area contributed by atoms with Crippen LogP contribution in [0, 0.1) is 23.3 Å². The topological polar surface area (TPSA) is 40.6 Å². The first-order valence-electron chi connectivity index (χ1n) is 10.0. The molecule has 0 N–H and O–H groups in total. The third kappa shape index (κ3) is 5.08. The first kappa shape index (κ1) is 24.4. The van der Waals surface area contributed by atoms with Crippen LogP contribution in [0.3, 0.4) is 0 Å². The van der Waals surface area contributed by atoms with E-state index in [9.17, 15) is 27.2 Å². The maximum absolute atomic E-state index is 14.1. The summed E-state index contributed by atoms with van der Waals surface area (Å²) in [6, 6.07) is 7.49. The van der Waals surface area contributed by atoms with Crippen LogP contribution in [-0.4, -0.2) is 35.7 Å². The van der Waals surface area contributed by atoms with Crippen molar-refractivity contribution in [2.75, 3.05) is 14.1 Å². The largest absolute Gasteiger partial charge is 0.334 e. The average Bonchev–Trinajstić information content (AvgIpc) is 3.29. The number of nitrogens with zero attached hydrogens (tertiary/aromatic N) is 2. The van der Waals surface area contributed by atoms with Crippen LogP contribution in [0.25, 0.3) is 0 Å². The van der Waals surface area contributed by atoms with Crippen LogP contribution in [-0.2, 0) is 0 Å². The lowest BCUT2D eigenvalue weighted by Crippen LogP contribution is -2.30. The summed E-state index contributed by atoms with van der Waals surface area (Å²) < 4.78 is 55.3. The van der Waals surface area contributed by atoms with Gasteiger partial charge < -0.3 is 9.80 Å². The van der Waals surface area contributed by atoms with Gasteiger partial charge in [0.2, 0.25) is 0 Å². The molecular formula is C24H22F4N2O2S. The molecule has 4 nitrogen and oxygen atoms in total. The molecule has 3 rings (SSSR count). The SMILES string of the molecule is CC(c1cc(F)ccc1F)N(C)C(=O)c1ccc(C(=O)N(C)C(C)c2cc(F)ccc2F)s1. The molecule has 0 fully saturated rings. The number of hydrogen-bond acceptors (Lipinski definition) is 3. The minimum Gasteiger partial charge on any atom is -0.334 e. The summed E-state index contributed by atoms with van der Waals surface area (Å²) in [5.41, 5.74) is 0.0637. The highest BCUT2D eigenvalue weighted by Crippen LogP contribution is 2.29. The molecule has 0 aliphatic carbocycles. The molecular weight excluding hydrogens is 456 g/mol. The molecule has 2 aromatic carbocycles. The molecule has 0 aliphatic rings. The van der Waals surface area contributed by atoms with E-state index in [0.717, 1.165) is 47.7 Å². The van der Waals surface area contributed by atoms with Crippen molar-refractivity contribution in [1.82, 2.24) is 9.80 Å². The lowest BCUT2D eigenvalue weighted by molar-refractivity contribution is 0.0739. The van der Waals surface area contributed by atoms with Crippen LogP contribution in [0.4, 0.5) is 17.6 Å². The molecule has 0 bridgehead atoms. The number of benzene rings is 2. The number of rotatable bonds is 6. The van der Waals surface area contributed by atoms with Gasteiger partial charge in [0.1, 0.15) is 23.3 Å². The Morgan fingerprint density at radius 1 is 0.697 bits per heavy atom. The first-order valence-corrected chi connectivity index (χ1v) is 10.9. The zero-order valence-electron chi connectivity index (χ0n) is 18.4. The molecule has 0 saturated heterocycles. The number of thiophene rings is 1. The third-order valence-electron chi connectivity index (χ3n) is 5.65. The van der Waals surface area contributed by atoms with Gasteiger partial charge >= 0.3 is 0 Å². The van der Waals surface area contributed by atoms with Gasteiger partial charge in [0, 0.05) is 25.2 Å². The zero-order valence-corrected chi connectivity index (χ0v) is 19.2. The highest BCUT2D eigenvalue weighted by Gasteiger charge is 2.26. The van der Waals surface area contributed by atoms with E-state index in [4.69, 9.17) is 0 Å². The van der Waals surface area contributed by atoms with Gasteiger partial charge in [-0.3, -0.25) is 9.59 Å². The quantitative estimate of drug-likeness (QED) is 0.410. The standard InChI is InChI=1S/C24H22F4N2O2S/c1-13(17-11-15(25)5-7-19(17)27)29(3)23(31)21-9-10-22(33-21)24(32)30(4)14(2)18-12-16(26)6-8-20(18)28/h5-14H,1-4H3. The third-order valence-corrected chi connectivity index (χ3v) is 6.71. The number of carbonyl (C=O) groups excluding carboxylic acids is 2. The summed E-state index contributed by atoms with van der Waals surface area (Å²) in [6.07, 6.45) is 0. The van der Waals surface area contributed by atoms with E-state index >= 15 is 0 Å². The van der Waals surface area contributed by atoms with E-state index < -0.39 is 47.2 Å². The fourth-order valence-corrected chi connectivity index (χ4v) is 4.33. The van der Waals surface area contributed by atoms with E-state index in [1.165, 1.54) is 36.0 Å². The zero-order chi connectivity index (χ0) is 24.4. The maximum Gasteiger partial charge on any atom is 0.264 e. The van der Waals surface area contributed by atoms with Gasteiger partial charge in [-0.1, -0.05) is 0 Å². The van der Waals surface area contributed by atoms with Crippen LogP contribution >= 0.6 is 11.3 Å². The van der Waals surface area contributed by atoms with Crippen molar-refractivity contribution in [3.63, 3.8) is 0 Å². The lowest BCUT2D eigenvalue weighted by Gasteiger charge is -2.26. The Kier molecular flexibility index (Phi) is 7.22. The van der Waals surface area contributed by atoms with Gasteiger partial charge in [-0.2, -0.15) is 0 Å². The molecule has 1 heterocycles. The van der Waals surface area contributed by atoms with Crippen molar-refractivity contribution < 1.29 is 27.2 Å². The van der Waals surface area contributed by atoms with Gasteiger partial charge in [0.25, 0.3) is 11.8 Å². The van der Waals surface area contributed by atoms with Crippen molar-refractivity contribution >= 4 is 23.2 Å². The fraction of sp³-hybridized carbons (Fsp3) is 0.250. The second-order valence-corrected chi connectivity index (χ2v) is 8.76. The van der Waals surface area contributed by atoms with Crippen LogP contribution < -0.4 is 0 Å². The summed E-state index contributed by atoms with van der Waals surface area (Å²) in [5, 5.41) is 0. The van der Waals surface area contributed by atoms with E-state index in [-0.39, 0.29) is 20.9 Å². The van der Waals surface area contributed by atoms with Crippen molar-refractivity contribution in [1.29, 1.82) is 0 Å². The van der Waals surface area contributed by atoms with Crippen LogP contribution in [0.15, 0.2) is 48.5 Å². The molecule has 0 spiro atoms. The molecule has 1 aromatic heterocycles. The molecule has 0 saturated carbocycles.